The van der Waals surface area contributed by atoms with Gasteiger partial charge in [0, 0.05) is 7.05 Å². The van der Waals surface area contributed by atoms with Crippen LogP contribution in [0.2, 0.25) is 0 Å². The smallest absolute Gasteiger partial charge is 0.271 e. The lowest BCUT2D eigenvalue weighted by atomic mass is 10.1. The number of aromatic nitrogens is 2. The molecule has 2 aromatic rings. The fourth-order valence-electron chi connectivity index (χ4n) is 1.78. The molecule has 0 saturated heterocycles. The summed E-state index contributed by atoms with van der Waals surface area (Å²) in [7, 11) is 1.75. The number of carbonyl (C=O) groups excluding carboxylic acids is 1. The lowest BCUT2D eigenvalue weighted by Crippen LogP contribution is -2.27. The minimum atomic E-state index is -0.228. The Balaban J connectivity index is 2.04. The molecule has 104 valence electrons. The van der Waals surface area contributed by atoms with Crippen LogP contribution in [-0.2, 0) is 0 Å². The predicted octanol–water partition coefficient (Wildman–Crippen LogP) is 2.32. The number of nitrogens with zero attached hydrogens (tertiary/aromatic N) is 2. The summed E-state index contributed by atoms with van der Waals surface area (Å²) in [6, 6.07) is 8.00. The molecule has 0 spiro atoms. The third-order valence-electron chi connectivity index (χ3n) is 3.07. The Morgan fingerprint density at radius 1 is 1.15 bits per heavy atom. The number of anilines is 1. The lowest BCUT2D eigenvalue weighted by Gasteiger charge is -2.14. The van der Waals surface area contributed by atoms with Crippen LogP contribution in [0.25, 0.3) is 0 Å². The zero-order valence-electron chi connectivity index (χ0n) is 11.8. The van der Waals surface area contributed by atoms with Gasteiger partial charge >= 0.3 is 0 Å². The van der Waals surface area contributed by atoms with Gasteiger partial charge in [0.25, 0.3) is 5.91 Å². The third-order valence-corrected chi connectivity index (χ3v) is 3.07. The van der Waals surface area contributed by atoms with Crippen LogP contribution in [0.4, 0.5) is 5.82 Å². The lowest BCUT2D eigenvalue weighted by molar-refractivity contribution is 0.0934. The van der Waals surface area contributed by atoms with Crippen LogP contribution in [0.1, 0.15) is 34.6 Å². The van der Waals surface area contributed by atoms with Gasteiger partial charge in [-0.3, -0.25) is 4.79 Å². The molecule has 1 aromatic carbocycles. The maximum atomic E-state index is 12.1. The highest BCUT2D eigenvalue weighted by Gasteiger charge is 2.12. The van der Waals surface area contributed by atoms with Gasteiger partial charge in [0.2, 0.25) is 0 Å². The number of amides is 1. The highest BCUT2D eigenvalue weighted by Crippen LogP contribution is 2.13. The van der Waals surface area contributed by atoms with Gasteiger partial charge in [0.05, 0.1) is 18.4 Å². The molecule has 2 rings (SSSR count). The Hall–Kier alpha value is -2.43. The van der Waals surface area contributed by atoms with Crippen molar-refractivity contribution in [2.45, 2.75) is 19.9 Å². The van der Waals surface area contributed by atoms with Gasteiger partial charge in [0.15, 0.2) is 0 Å². The summed E-state index contributed by atoms with van der Waals surface area (Å²) in [6.45, 7) is 3.98. The first-order valence-electron chi connectivity index (χ1n) is 6.47. The number of benzene rings is 1. The maximum absolute atomic E-state index is 12.1. The number of aryl methyl sites for hydroxylation is 1. The number of carbonyl (C=O) groups is 1. The molecule has 0 saturated carbocycles. The van der Waals surface area contributed by atoms with Gasteiger partial charge in [-0.1, -0.05) is 29.8 Å². The minimum Gasteiger partial charge on any atom is -0.372 e. The molecule has 1 aromatic heterocycles. The largest absolute Gasteiger partial charge is 0.372 e. The zero-order valence-corrected chi connectivity index (χ0v) is 11.8. The summed E-state index contributed by atoms with van der Waals surface area (Å²) in [5, 5.41) is 5.77. The fourth-order valence-corrected chi connectivity index (χ4v) is 1.78. The normalized spacial score (nSPS) is 11.8. The van der Waals surface area contributed by atoms with Gasteiger partial charge in [-0.15, -0.1) is 0 Å². The topological polar surface area (TPSA) is 66.9 Å². The highest BCUT2D eigenvalue weighted by molar-refractivity contribution is 5.92. The van der Waals surface area contributed by atoms with Crippen LogP contribution in [0, 0.1) is 6.92 Å². The van der Waals surface area contributed by atoms with Gasteiger partial charge in [-0.05, 0) is 19.4 Å². The molecule has 0 fully saturated rings. The van der Waals surface area contributed by atoms with Crippen molar-refractivity contribution >= 4 is 11.7 Å². The van der Waals surface area contributed by atoms with E-state index >= 15 is 0 Å². The molecule has 5 heteroatoms. The summed E-state index contributed by atoms with van der Waals surface area (Å²) in [5.74, 6) is 0.404. The summed E-state index contributed by atoms with van der Waals surface area (Å²) in [4.78, 5) is 20.2. The third kappa shape index (κ3) is 3.32. The standard InChI is InChI=1S/C15H18N4O/c1-10-4-6-12(7-5-10)11(2)19-15(20)13-8-18-14(16-3)9-17-13/h4-9,11H,1-3H3,(H,16,18)(H,19,20). The Labute approximate surface area is 118 Å². The van der Waals surface area contributed by atoms with Gasteiger partial charge < -0.3 is 10.6 Å². The molecule has 0 aliphatic carbocycles. The van der Waals surface area contributed by atoms with Crippen molar-refractivity contribution in [3.63, 3.8) is 0 Å². The SMILES string of the molecule is CNc1cnc(C(=O)NC(C)c2ccc(C)cc2)cn1. The van der Waals surface area contributed by atoms with E-state index in [9.17, 15) is 4.79 Å². The van der Waals surface area contributed by atoms with E-state index in [1.165, 1.54) is 18.0 Å². The second-order valence-corrected chi connectivity index (χ2v) is 4.64. The van der Waals surface area contributed by atoms with E-state index in [0.29, 0.717) is 11.5 Å². The van der Waals surface area contributed by atoms with Crippen molar-refractivity contribution in [3.05, 3.63) is 53.5 Å². The van der Waals surface area contributed by atoms with Crippen molar-refractivity contribution in [3.8, 4) is 0 Å². The Bertz CT molecular complexity index is 578. The number of nitrogens with one attached hydrogen (secondary N) is 2. The molecule has 2 N–H and O–H groups in total. The van der Waals surface area contributed by atoms with Crippen LogP contribution in [0.5, 0.6) is 0 Å². The monoisotopic (exact) mass is 270 g/mol. The minimum absolute atomic E-state index is 0.0751. The first-order chi connectivity index (χ1) is 9.60. The van der Waals surface area contributed by atoms with Gasteiger partial charge in [0.1, 0.15) is 11.5 Å². The van der Waals surface area contributed by atoms with E-state index in [4.69, 9.17) is 0 Å². The van der Waals surface area contributed by atoms with E-state index in [1.807, 2.05) is 38.1 Å². The van der Waals surface area contributed by atoms with Crippen molar-refractivity contribution in [2.24, 2.45) is 0 Å². The quantitative estimate of drug-likeness (QED) is 0.894. The molecule has 0 aliphatic heterocycles. The summed E-state index contributed by atoms with van der Waals surface area (Å²) in [5.41, 5.74) is 2.56. The molecule has 1 unspecified atom stereocenters. The van der Waals surface area contributed by atoms with E-state index in [2.05, 4.69) is 20.6 Å². The van der Waals surface area contributed by atoms with Crippen LogP contribution >= 0.6 is 0 Å². The number of rotatable bonds is 4. The van der Waals surface area contributed by atoms with E-state index < -0.39 is 0 Å². The molecule has 1 heterocycles. The first-order valence-corrected chi connectivity index (χ1v) is 6.47. The summed E-state index contributed by atoms with van der Waals surface area (Å²) >= 11 is 0. The van der Waals surface area contributed by atoms with Crippen LogP contribution in [0.3, 0.4) is 0 Å². The van der Waals surface area contributed by atoms with Crippen LogP contribution < -0.4 is 10.6 Å². The Morgan fingerprint density at radius 2 is 1.85 bits per heavy atom. The van der Waals surface area contributed by atoms with Crippen LogP contribution in [0.15, 0.2) is 36.7 Å². The average molecular weight is 270 g/mol. The Morgan fingerprint density at radius 3 is 2.40 bits per heavy atom. The molecule has 0 bridgehead atoms. The highest BCUT2D eigenvalue weighted by atomic mass is 16.1. The summed E-state index contributed by atoms with van der Waals surface area (Å²) in [6.07, 6.45) is 2.99. The van der Waals surface area contributed by atoms with Crippen LogP contribution in [-0.4, -0.2) is 22.9 Å². The van der Waals surface area contributed by atoms with Gasteiger partial charge in [-0.25, -0.2) is 9.97 Å². The number of hydrogen-bond acceptors (Lipinski definition) is 4. The molecule has 1 amide bonds. The Kier molecular flexibility index (Phi) is 4.30. The maximum Gasteiger partial charge on any atom is 0.271 e. The predicted molar refractivity (Wildman–Crippen MR) is 78.6 cm³/mol. The van der Waals surface area contributed by atoms with E-state index in [-0.39, 0.29) is 11.9 Å². The van der Waals surface area contributed by atoms with Crippen molar-refractivity contribution < 1.29 is 4.79 Å². The van der Waals surface area contributed by atoms with E-state index in [1.54, 1.807) is 7.05 Å². The zero-order chi connectivity index (χ0) is 14.5. The molecular formula is C15H18N4O. The average Bonchev–Trinajstić information content (AvgIpc) is 2.48. The second kappa shape index (κ2) is 6.14. The molecule has 0 radical (unpaired) electrons. The molecule has 20 heavy (non-hydrogen) atoms. The molecular weight excluding hydrogens is 252 g/mol. The summed E-state index contributed by atoms with van der Waals surface area (Å²) < 4.78 is 0. The second-order valence-electron chi connectivity index (χ2n) is 4.64. The van der Waals surface area contributed by atoms with Gasteiger partial charge in [-0.2, -0.15) is 0 Å². The molecule has 1 atom stereocenters. The molecule has 0 aliphatic rings. The first kappa shape index (κ1) is 14.0. The van der Waals surface area contributed by atoms with Crippen molar-refractivity contribution in [1.82, 2.24) is 15.3 Å². The van der Waals surface area contributed by atoms with E-state index in [0.717, 1.165) is 5.56 Å². The fraction of sp³-hybridized carbons (Fsp3) is 0.267. The number of hydrogen-bond donors (Lipinski definition) is 2. The molecule has 5 nitrogen and oxygen atoms in total. The van der Waals surface area contributed by atoms with Crippen molar-refractivity contribution in [2.75, 3.05) is 12.4 Å². The van der Waals surface area contributed by atoms with Crippen molar-refractivity contribution in [1.29, 1.82) is 0 Å².